The molecule has 0 amide bonds. The van der Waals surface area contributed by atoms with E-state index in [-0.39, 0.29) is 6.04 Å². The monoisotopic (exact) mass is 196 g/mol. The summed E-state index contributed by atoms with van der Waals surface area (Å²) in [6, 6.07) is 1.54. The van der Waals surface area contributed by atoms with Gasteiger partial charge in [0.05, 0.1) is 6.10 Å². The Hall–Kier alpha value is -1.20. The first-order chi connectivity index (χ1) is 6.59. The van der Waals surface area contributed by atoms with Crippen LogP contribution in [0.4, 0.5) is 5.82 Å². The van der Waals surface area contributed by atoms with Crippen LogP contribution >= 0.6 is 0 Å². The first-order valence-corrected chi connectivity index (χ1v) is 4.55. The smallest absolute Gasteiger partial charge is 0.129 e. The summed E-state index contributed by atoms with van der Waals surface area (Å²) in [5.41, 5.74) is 6.54. The van der Waals surface area contributed by atoms with Crippen LogP contribution in [0.1, 0.15) is 12.6 Å². The molecule has 0 aromatic carbocycles. The number of aliphatic hydroxyl groups excluding tert-OH is 1. The number of aliphatic hydroxyl groups is 1. The minimum Gasteiger partial charge on any atom is -0.392 e. The van der Waals surface area contributed by atoms with E-state index < -0.39 is 6.10 Å². The maximum Gasteiger partial charge on any atom is 0.129 e. The number of hydrogen-bond acceptors (Lipinski definition) is 5. The van der Waals surface area contributed by atoms with Gasteiger partial charge in [-0.1, -0.05) is 0 Å². The SMILES string of the molecule is Cc1cc(NCC(N)C(C)O)ncn1. The molecule has 0 radical (unpaired) electrons. The van der Waals surface area contributed by atoms with Crippen LogP contribution in [0.3, 0.4) is 0 Å². The van der Waals surface area contributed by atoms with Crippen LogP contribution in [-0.2, 0) is 0 Å². The quantitative estimate of drug-likeness (QED) is 0.626. The first kappa shape index (κ1) is 10.9. The van der Waals surface area contributed by atoms with Gasteiger partial charge in [0.1, 0.15) is 12.1 Å². The second-order valence-corrected chi connectivity index (χ2v) is 3.33. The van der Waals surface area contributed by atoms with Gasteiger partial charge in [-0.05, 0) is 13.8 Å². The third kappa shape index (κ3) is 3.27. The molecule has 4 N–H and O–H groups in total. The van der Waals surface area contributed by atoms with Gasteiger partial charge in [-0.15, -0.1) is 0 Å². The summed E-state index contributed by atoms with van der Waals surface area (Å²) in [4.78, 5) is 7.98. The van der Waals surface area contributed by atoms with Crippen molar-refractivity contribution in [2.45, 2.75) is 26.0 Å². The lowest BCUT2D eigenvalue weighted by Crippen LogP contribution is -2.38. The number of anilines is 1. The zero-order chi connectivity index (χ0) is 10.6. The van der Waals surface area contributed by atoms with Crippen molar-refractivity contribution in [2.24, 2.45) is 5.73 Å². The molecule has 1 heterocycles. The highest BCUT2D eigenvalue weighted by Crippen LogP contribution is 2.02. The number of nitrogens with zero attached hydrogens (tertiary/aromatic N) is 2. The zero-order valence-corrected chi connectivity index (χ0v) is 8.44. The van der Waals surface area contributed by atoms with Crippen molar-refractivity contribution in [3.8, 4) is 0 Å². The third-order valence-corrected chi connectivity index (χ3v) is 1.94. The van der Waals surface area contributed by atoms with E-state index in [2.05, 4.69) is 15.3 Å². The van der Waals surface area contributed by atoms with Crippen LogP contribution < -0.4 is 11.1 Å². The molecule has 2 unspecified atom stereocenters. The topological polar surface area (TPSA) is 84.1 Å². The van der Waals surface area contributed by atoms with Crippen LogP contribution in [0.2, 0.25) is 0 Å². The van der Waals surface area contributed by atoms with Gasteiger partial charge in [-0.3, -0.25) is 0 Å². The van der Waals surface area contributed by atoms with Crippen molar-refractivity contribution in [2.75, 3.05) is 11.9 Å². The Morgan fingerprint density at radius 3 is 2.86 bits per heavy atom. The van der Waals surface area contributed by atoms with E-state index in [9.17, 15) is 0 Å². The van der Waals surface area contributed by atoms with Gasteiger partial charge in [-0.2, -0.15) is 0 Å². The molecule has 14 heavy (non-hydrogen) atoms. The van der Waals surface area contributed by atoms with E-state index in [1.807, 2.05) is 13.0 Å². The Kier molecular flexibility index (Phi) is 3.79. The maximum absolute atomic E-state index is 9.16. The van der Waals surface area contributed by atoms with Crippen LogP contribution in [0.5, 0.6) is 0 Å². The van der Waals surface area contributed by atoms with E-state index in [0.29, 0.717) is 6.54 Å². The van der Waals surface area contributed by atoms with Crippen molar-refractivity contribution < 1.29 is 5.11 Å². The summed E-state index contributed by atoms with van der Waals surface area (Å²) in [6.45, 7) is 4.05. The van der Waals surface area contributed by atoms with Crippen molar-refractivity contribution >= 4 is 5.82 Å². The molecule has 0 aliphatic carbocycles. The Morgan fingerprint density at radius 1 is 1.57 bits per heavy atom. The molecule has 2 atom stereocenters. The third-order valence-electron chi connectivity index (χ3n) is 1.94. The van der Waals surface area contributed by atoms with Gasteiger partial charge < -0.3 is 16.2 Å². The normalized spacial score (nSPS) is 14.9. The van der Waals surface area contributed by atoms with Gasteiger partial charge in [0.15, 0.2) is 0 Å². The van der Waals surface area contributed by atoms with E-state index in [1.165, 1.54) is 6.33 Å². The van der Waals surface area contributed by atoms with Gasteiger partial charge in [0, 0.05) is 24.3 Å². The van der Waals surface area contributed by atoms with E-state index >= 15 is 0 Å². The lowest BCUT2D eigenvalue weighted by molar-refractivity contribution is 0.168. The molecule has 0 bridgehead atoms. The Balaban J connectivity index is 2.45. The highest BCUT2D eigenvalue weighted by molar-refractivity contribution is 5.34. The second-order valence-electron chi connectivity index (χ2n) is 3.33. The van der Waals surface area contributed by atoms with Gasteiger partial charge in [0.25, 0.3) is 0 Å². The van der Waals surface area contributed by atoms with Gasteiger partial charge in [0.2, 0.25) is 0 Å². The highest BCUT2D eigenvalue weighted by atomic mass is 16.3. The molecule has 0 aliphatic heterocycles. The fourth-order valence-electron chi connectivity index (χ4n) is 0.944. The summed E-state index contributed by atoms with van der Waals surface area (Å²) >= 11 is 0. The molecule has 5 heteroatoms. The maximum atomic E-state index is 9.16. The Morgan fingerprint density at radius 2 is 2.29 bits per heavy atom. The standard InChI is InChI=1S/C9H16N4O/c1-6-3-9(13-5-12-6)11-4-8(10)7(2)14/h3,5,7-8,14H,4,10H2,1-2H3,(H,11,12,13). The fourth-order valence-corrected chi connectivity index (χ4v) is 0.944. The summed E-state index contributed by atoms with van der Waals surface area (Å²) in [5, 5.41) is 12.2. The number of hydrogen-bond donors (Lipinski definition) is 3. The summed E-state index contributed by atoms with van der Waals surface area (Å²) in [6.07, 6.45) is 0.969. The van der Waals surface area contributed by atoms with E-state index in [0.717, 1.165) is 11.5 Å². The minimum absolute atomic E-state index is 0.287. The largest absolute Gasteiger partial charge is 0.392 e. The molecule has 0 aliphatic rings. The lowest BCUT2D eigenvalue weighted by atomic mass is 10.2. The van der Waals surface area contributed by atoms with Crippen molar-refractivity contribution in [3.63, 3.8) is 0 Å². The predicted molar refractivity (Wildman–Crippen MR) is 54.9 cm³/mol. The number of nitrogens with one attached hydrogen (secondary N) is 1. The lowest BCUT2D eigenvalue weighted by Gasteiger charge is -2.15. The molecule has 0 fully saturated rings. The molecule has 0 saturated heterocycles. The molecule has 1 aromatic heterocycles. The minimum atomic E-state index is -0.523. The zero-order valence-electron chi connectivity index (χ0n) is 8.44. The molecular formula is C9H16N4O. The molecule has 5 nitrogen and oxygen atoms in total. The van der Waals surface area contributed by atoms with E-state index in [4.69, 9.17) is 10.8 Å². The number of rotatable bonds is 4. The fraction of sp³-hybridized carbons (Fsp3) is 0.556. The average Bonchev–Trinajstić information content (AvgIpc) is 2.14. The molecule has 78 valence electrons. The van der Waals surface area contributed by atoms with Crippen LogP contribution in [0.25, 0.3) is 0 Å². The molecular weight excluding hydrogens is 180 g/mol. The van der Waals surface area contributed by atoms with E-state index in [1.54, 1.807) is 6.92 Å². The molecule has 1 rings (SSSR count). The molecule has 1 aromatic rings. The van der Waals surface area contributed by atoms with Crippen LogP contribution in [0.15, 0.2) is 12.4 Å². The average molecular weight is 196 g/mol. The summed E-state index contributed by atoms with van der Waals surface area (Å²) in [7, 11) is 0. The molecule has 0 spiro atoms. The summed E-state index contributed by atoms with van der Waals surface area (Å²) < 4.78 is 0. The van der Waals surface area contributed by atoms with Crippen LogP contribution in [-0.4, -0.2) is 33.8 Å². The highest BCUT2D eigenvalue weighted by Gasteiger charge is 2.08. The number of nitrogens with two attached hydrogens (primary N) is 1. The second kappa shape index (κ2) is 4.88. The van der Waals surface area contributed by atoms with Gasteiger partial charge in [-0.25, -0.2) is 9.97 Å². The molecule has 0 saturated carbocycles. The Bertz CT molecular complexity index is 290. The number of aryl methyl sites for hydroxylation is 1. The summed E-state index contributed by atoms with van der Waals surface area (Å²) in [5.74, 6) is 0.730. The van der Waals surface area contributed by atoms with Crippen LogP contribution in [0, 0.1) is 6.92 Å². The van der Waals surface area contributed by atoms with Crippen molar-refractivity contribution in [1.29, 1.82) is 0 Å². The first-order valence-electron chi connectivity index (χ1n) is 4.55. The number of aromatic nitrogens is 2. The predicted octanol–water partition coefficient (Wildman–Crippen LogP) is -0.0950. The van der Waals surface area contributed by atoms with Gasteiger partial charge >= 0.3 is 0 Å². The van der Waals surface area contributed by atoms with Crippen molar-refractivity contribution in [3.05, 3.63) is 18.1 Å². The van der Waals surface area contributed by atoms with Crippen molar-refractivity contribution in [1.82, 2.24) is 9.97 Å². The Labute approximate surface area is 83.4 Å².